The van der Waals surface area contributed by atoms with E-state index in [-0.39, 0.29) is 17.7 Å². The van der Waals surface area contributed by atoms with E-state index >= 15 is 0 Å². The summed E-state index contributed by atoms with van der Waals surface area (Å²) in [5, 5.41) is 6.55. The van der Waals surface area contributed by atoms with Crippen molar-refractivity contribution >= 4 is 34.8 Å². The maximum absolute atomic E-state index is 12.5. The van der Waals surface area contributed by atoms with Crippen LogP contribution in [0.3, 0.4) is 0 Å². The van der Waals surface area contributed by atoms with Crippen LogP contribution in [0, 0.1) is 6.92 Å². The van der Waals surface area contributed by atoms with Crippen molar-refractivity contribution in [1.82, 2.24) is 9.97 Å². The number of rotatable bonds is 6. The molecule has 0 radical (unpaired) electrons. The van der Waals surface area contributed by atoms with Gasteiger partial charge in [0.15, 0.2) is 0 Å². The van der Waals surface area contributed by atoms with Crippen molar-refractivity contribution in [3.05, 3.63) is 71.0 Å². The van der Waals surface area contributed by atoms with Crippen molar-refractivity contribution < 1.29 is 9.53 Å². The first kappa shape index (κ1) is 19.6. The number of hydrogen-bond acceptors (Lipinski definition) is 5. The zero-order chi connectivity index (χ0) is 20.1. The Hall–Kier alpha value is -3.12. The molecule has 1 heterocycles. The van der Waals surface area contributed by atoms with Crippen LogP contribution in [0.25, 0.3) is 0 Å². The Labute approximate surface area is 168 Å². The average Bonchev–Trinajstić information content (AvgIpc) is 2.67. The second kappa shape index (κ2) is 8.71. The summed E-state index contributed by atoms with van der Waals surface area (Å²) in [6, 6.07) is 14.3. The highest BCUT2D eigenvalue weighted by Crippen LogP contribution is 2.25. The lowest BCUT2D eigenvalue weighted by atomic mass is 10.2. The van der Waals surface area contributed by atoms with Crippen LogP contribution in [0.4, 0.5) is 17.3 Å². The van der Waals surface area contributed by atoms with Gasteiger partial charge in [0.05, 0.1) is 6.10 Å². The predicted octanol–water partition coefficient (Wildman–Crippen LogP) is 5.22. The first-order chi connectivity index (χ1) is 13.4. The molecule has 0 saturated heterocycles. The van der Waals surface area contributed by atoms with Crippen LogP contribution in [0.1, 0.15) is 29.9 Å². The number of ether oxygens (including phenoxy) is 1. The zero-order valence-corrected chi connectivity index (χ0v) is 16.6. The van der Waals surface area contributed by atoms with E-state index in [1.165, 1.54) is 6.20 Å². The second-order valence-electron chi connectivity index (χ2n) is 6.45. The molecule has 0 spiro atoms. The van der Waals surface area contributed by atoms with Gasteiger partial charge in [0.1, 0.15) is 11.4 Å². The minimum Gasteiger partial charge on any atom is -0.491 e. The van der Waals surface area contributed by atoms with Gasteiger partial charge >= 0.3 is 0 Å². The topological polar surface area (TPSA) is 76.1 Å². The number of halogens is 1. The van der Waals surface area contributed by atoms with Gasteiger partial charge in [-0.1, -0.05) is 17.7 Å². The molecule has 0 bridgehead atoms. The van der Waals surface area contributed by atoms with Crippen LogP contribution >= 0.6 is 11.6 Å². The summed E-state index contributed by atoms with van der Waals surface area (Å²) in [5.41, 5.74) is 2.57. The summed E-state index contributed by atoms with van der Waals surface area (Å²) >= 11 is 6.14. The Morgan fingerprint density at radius 3 is 2.57 bits per heavy atom. The van der Waals surface area contributed by atoms with Crippen molar-refractivity contribution in [2.24, 2.45) is 0 Å². The Kier molecular flexibility index (Phi) is 6.11. The molecule has 144 valence electrons. The van der Waals surface area contributed by atoms with Crippen molar-refractivity contribution in [1.29, 1.82) is 0 Å². The summed E-state index contributed by atoms with van der Waals surface area (Å²) in [4.78, 5) is 21.0. The third-order valence-corrected chi connectivity index (χ3v) is 4.30. The van der Waals surface area contributed by atoms with Gasteiger partial charge in [-0.25, -0.2) is 9.97 Å². The first-order valence-electron chi connectivity index (χ1n) is 8.85. The molecule has 0 fully saturated rings. The normalized spacial score (nSPS) is 10.6. The quantitative estimate of drug-likeness (QED) is 0.597. The lowest BCUT2D eigenvalue weighted by Gasteiger charge is -2.11. The highest BCUT2D eigenvalue weighted by Gasteiger charge is 2.11. The van der Waals surface area contributed by atoms with Crippen LogP contribution in [0.15, 0.2) is 54.7 Å². The SMILES string of the molecule is Cc1c(Cl)cccc1Nc1nccc(C(=O)Nc2ccc(OC(C)C)cc2)n1. The third kappa shape index (κ3) is 4.98. The molecule has 7 heteroatoms. The van der Waals surface area contributed by atoms with E-state index in [9.17, 15) is 4.79 Å². The number of aromatic nitrogens is 2. The predicted molar refractivity (Wildman–Crippen MR) is 112 cm³/mol. The summed E-state index contributed by atoms with van der Waals surface area (Å²) < 4.78 is 5.60. The first-order valence-corrected chi connectivity index (χ1v) is 9.23. The average molecular weight is 397 g/mol. The Morgan fingerprint density at radius 2 is 1.86 bits per heavy atom. The number of amides is 1. The van der Waals surface area contributed by atoms with Crippen molar-refractivity contribution in [3.8, 4) is 5.75 Å². The number of nitrogens with zero attached hydrogens (tertiary/aromatic N) is 2. The Bertz CT molecular complexity index is 974. The second-order valence-corrected chi connectivity index (χ2v) is 6.86. The van der Waals surface area contributed by atoms with Crippen molar-refractivity contribution in [3.63, 3.8) is 0 Å². The largest absolute Gasteiger partial charge is 0.491 e. The number of carbonyl (C=O) groups is 1. The summed E-state index contributed by atoms with van der Waals surface area (Å²) in [6.07, 6.45) is 1.62. The van der Waals surface area contributed by atoms with E-state index in [0.29, 0.717) is 16.7 Å². The fourth-order valence-electron chi connectivity index (χ4n) is 2.49. The molecule has 1 aromatic heterocycles. The van der Waals surface area contributed by atoms with Crippen molar-refractivity contribution in [2.45, 2.75) is 26.9 Å². The molecule has 0 aliphatic carbocycles. The number of hydrogen-bond donors (Lipinski definition) is 2. The van der Waals surface area contributed by atoms with E-state index in [0.717, 1.165) is 17.0 Å². The van der Waals surface area contributed by atoms with E-state index in [1.807, 2.05) is 51.1 Å². The molecule has 28 heavy (non-hydrogen) atoms. The molecule has 1 amide bonds. The molecular formula is C21H21ClN4O2. The minimum atomic E-state index is -0.328. The molecular weight excluding hydrogens is 376 g/mol. The van der Waals surface area contributed by atoms with Gasteiger partial charge in [0.2, 0.25) is 5.95 Å². The summed E-state index contributed by atoms with van der Waals surface area (Å²) in [5.74, 6) is 0.739. The Morgan fingerprint density at radius 1 is 1.11 bits per heavy atom. The van der Waals surface area contributed by atoms with Crippen LogP contribution in [0.2, 0.25) is 5.02 Å². The van der Waals surface area contributed by atoms with Crippen LogP contribution in [0.5, 0.6) is 5.75 Å². The number of nitrogens with one attached hydrogen (secondary N) is 2. The van der Waals surface area contributed by atoms with E-state index in [4.69, 9.17) is 16.3 Å². The monoisotopic (exact) mass is 396 g/mol. The van der Waals surface area contributed by atoms with Gasteiger partial charge in [0.25, 0.3) is 5.91 Å². The minimum absolute atomic E-state index is 0.0931. The van der Waals surface area contributed by atoms with Crippen LogP contribution in [-0.4, -0.2) is 22.0 Å². The Balaban J connectivity index is 1.71. The molecule has 3 rings (SSSR count). The lowest BCUT2D eigenvalue weighted by Crippen LogP contribution is -2.15. The molecule has 0 aliphatic rings. The highest BCUT2D eigenvalue weighted by atomic mass is 35.5. The highest BCUT2D eigenvalue weighted by molar-refractivity contribution is 6.31. The molecule has 2 aromatic carbocycles. The number of anilines is 3. The molecule has 0 atom stereocenters. The maximum atomic E-state index is 12.5. The van der Waals surface area contributed by atoms with Gasteiger partial charge in [0, 0.05) is 22.6 Å². The van der Waals surface area contributed by atoms with Gasteiger partial charge < -0.3 is 15.4 Å². The van der Waals surface area contributed by atoms with Crippen molar-refractivity contribution in [2.75, 3.05) is 10.6 Å². The number of carbonyl (C=O) groups excluding carboxylic acids is 1. The van der Waals surface area contributed by atoms with E-state index < -0.39 is 0 Å². The van der Waals surface area contributed by atoms with Gasteiger partial charge in [-0.15, -0.1) is 0 Å². The molecule has 2 N–H and O–H groups in total. The molecule has 6 nitrogen and oxygen atoms in total. The smallest absolute Gasteiger partial charge is 0.274 e. The third-order valence-electron chi connectivity index (χ3n) is 3.89. The summed E-state index contributed by atoms with van der Waals surface area (Å²) in [7, 11) is 0. The fourth-order valence-corrected chi connectivity index (χ4v) is 2.67. The van der Waals surface area contributed by atoms with E-state index in [2.05, 4.69) is 20.6 Å². The molecule has 0 unspecified atom stereocenters. The maximum Gasteiger partial charge on any atom is 0.274 e. The molecule has 0 aliphatic heterocycles. The zero-order valence-electron chi connectivity index (χ0n) is 15.9. The standard InChI is InChI=1S/C21H21ClN4O2/c1-13(2)28-16-9-7-15(8-10-16)24-20(27)19-11-12-23-21(26-19)25-18-6-4-5-17(22)14(18)3/h4-13H,1-3H3,(H,24,27)(H,23,25,26). The fraction of sp³-hybridized carbons (Fsp3) is 0.190. The van der Waals surface area contributed by atoms with Gasteiger partial charge in [-0.05, 0) is 68.8 Å². The van der Waals surface area contributed by atoms with E-state index in [1.54, 1.807) is 18.2 Å². The van der Waals surface area contributed by atoms with Crippen LogP contribution in [-0.2, 0) is 0 Å². The van der Waals surface area contributed by atoms with Gasteiger partial charge in [-0.2, -0.15) is 0 Å². The lowest BCUT2D eigenvalue weighted by molar-refractivity contribution is 0.102. The molecule has 3 aromatic rings. The number of benzene rings is 2. The van der Waals surface area contributed by atoms with Crippen LogP contribution < -0.4 is 15.4 Å². The molecule has 0 saturated carbocycles. The summed E-state index contributed by atoms with van der Waals surface area (Å²) in [6.45, 7) is 5.82. The van der Waals surface area contributed by atoms with Gasteiger partial charge in [-0.3, -0.25) is 4.79 Å².